The van der Waals surface area contributed by atoms with Crippen molar-refractivity contribution in [1.29, 1.82) is 0 Å². The van der Waals surface area contributed by atoms with E-state index < -0.39 is 5.41 Å². The summed E-state index contributed by atoms with van der Waals surface area (Å²) in [6.07, 6.45) is 1.06. The van der Waals surface area contributed by atoms with Crippen molar-refractivity contribution in [3.05, 3.63) is 0 Å². The molecule has 0 radical (unpaired) electrons. The Morgan fingerprint density at radius 1 is 1.53 bits per heavy atom. The molecule has 0 aromatic heterocycles. The first-order chi connectivity index (χ1) is 8.08. The van der Waals surface area contributed by atoms with E-state index in [2.05, 4.69) is 0 Å². The molecule has 3 N–H and O–H groups in total. The molecule has 1 amide bonds. The molecule has 1 aliphatic heterocycles. The van der Waals surface area contributed by atoms with Gasteiger partial charge in [0.15, 0.2) is 0 Å². The molecule has 1 fully saturated rings. The quantitative estimate of drug-likeness (QED) is 0.676. The maximum Gasteiger partial charge on any atom is 0.235 e. The Morgan fingerprint density at radius 3 is 2.53 bits per heavy atom. The molecule has 0 aromatic carbocycles. The van der Waals surface area contributed by atoms with Gasteiger partial charge in [-0.2, -0.15) is 0 Å². The molecule has 17 heavy (non-hydrogen) atoms. The topological polar surface area (TPSA) is 75.8 Å². The Kier molecular flexibility index (Phi) is 5.30. The average molecular weight is 260 g/mol. The lowest BCUT2D eigenvalue weighted by Gasteiger charge is -2.38. The summed E-state index contributed by atoms with van der Waals surface area (Å²) in [7, 11) is 0. The van der Waals surface area contributed by atoms with Gasteiger partial charge >= 0.3 is 0 Å². The molecule has 0 aliphatic carbocycles. The van der Waals surface area contributed by atoms with Gasteiger partial charge < -0.3 is 20.5 Å². The normalized spacial score (nSPS) is 18.7. The minimum absolute atomic E-state index is 0.0521. The zero-order chi connectivity index (χ0) is 12.9. The second-order valence-corrected chi connectivity index (χ2v) is 4.61. The fourth-order valence-electron chi connectivity index (χ4n) is 2.11. The molecule has 0 atom stereocenters. The van der Waals surface area contributed by atoms with E-state index in [1.807, 2.05) is 6.92 Å². The molecule has 98 valence electrons. The number of amides is 1. The third-order valence-corrected chi connectivity index (χ3v) is 3.66. The summed E-state index contributed by atoms with van der Waals surface area (Å²) >= 11 is 5.07. The smallest absolute Gasteiger partial charge is 0.235 e. The number of rotatable bonds is 5. The Balaban J connectivity index is 2.89. The monoisotopic (exact) mass is 260 g/mol. The Labute approximate surface area is 107 Å². The van der Waals surface area contributed by atoms with Crippen LogP contribution >= 0.6 is 12.2 Å². The van der Waals surface area contributed by atoms with Crippen molar-refractivity contribution in [2.24, 2.45) is 11.1 Å². The van der Waals surface area contributed by atoms with Gasteiger partial charge in [-0.05, 0) is 19.8 Å². The van der Waals surface area contributed by atoms with Crippen LogP contribution in [0, 0.1) is 5.41 Å². The van der Waals surface area contributed by atoms with Crippen molar-refractivity contribution in [2.45, 2.75) is 19.8 Å². The van der Waals surface area contributed by atoms with E-state index in [0.717, 1.165) is 0 Å². The summed E-state index contributed by atoms with van der Waals surface area (Å²) < 4.78 is 5.26. The van der Waals surface area contributed by atoms with Crippen LogP contribution in [0.5, 0.6) is 0 Å². The number of thiocarbonyl (C=S) groups is 1. The summed E-state index contributed by atoms with van der Waals surface area (Å²) in [5.74, 6) is -0.0788. The van der Waals surface area contributed by atoms with E-state index in [9.17, 15) is 4.79 Å². The molecular weight excluding hydrogens is 240 g/mol. The first-order valence-corrected chi connectivity index (χ1v) is 6.27. The van der Waals surface area contributed by atoms with Crippen LogP contribution in [-0.2, 0) is 9.53 Å². The molecule has 0 aromatic rings. The van der Waals surface area contributed by atoms with Crippen LogP contribution in [0.3, 0.4) is 0 Å². The van der Waals surface area contributed by atoms with Gasteiger partial charge in [-0.15, -0.1) is 0 Å². The first-order valence-electron chi connectivity index (χ1n) is 5.86. The van der Waals surface area contributed by atoms with E-state index in [4.69, 9.17) is 27.8 Å². The average Bonchev–Trinajstić information content (AvgIpc) is 2.35. The Morgan fingerprint density at radius 2 is 2.12 bits per heavy atom. The molecule has 1 heterocycles. The first kappa shape index (κ1) is 14.3. The third-order valence-electron chi connectivity index (χ3n) is 3.27. The molecule has 5 nitrogen and oxygen atoms in total. The number of ether oxygens (including phenoxy) is 1. The van der Waals surface area contributed by atoms with E-state index >= 15 is 0 Å². The maximum atomic E-state index is 12.5. The predicted octanol–water partition coefficient (Wildman–Crippen LogP) is -0.0899. The number of aliphatic hydroxyl groups excluding tert-OH is 1. The molecule has 6 heteroatoms. The lowest BCUT2D eigenvalue weighted by molar-refractivity contribution is -0.142. The summed E-state index contributed by atoms with van der Waals surface area (Å²) in [6.45, 7) is 3.69. The van der Waals surface area contributed by atoms with Gasteiger partial charge in [0.1, 0.15) is 5.41 Å². The Bertz CT molecular complexity index is 290. The number of hydrogen-bond donors (Lipinski definition) is 2. The van der Waals surface area contributed by atoms with E-state index in [1.54, 1.807) is 4.90 Å². The number of aliphatic hydroxyl groups is 1. The van der Waals surface area contributed by atoms with Crippen molar-refractivity contribution in [2.75, 3.05) is 32.9 Å². The number of hydrogen-bond acceptors (Lipinski definition) is 4. The number of nitrogens with zero attached hydrogens (tertiary/aromatic N) is 1. The molecule has 1 aliphatic rings. The van der Waals surface area contributed by atoms with Gasteiger partial charge in [-0.25, -0.2) is 0 Å². The van der Waals surface area contributed by atoms with E-state index in [-0.39, 0.29) is 17.5 Å². The zero-order valence-corrected chi connectivity index (χ0v) is 11.0. The van der Waals surface area contributed by atoms with E-state index in [1.165, 1.54) is 0 Å². The van der Waals surface area contributed by atoms with Gasteiger partial charge in [-0.3, -0.25) is 4.79 Å². The van der Waals surface area contributed by atoms with Gasteiger partial charge in [0, 0.05) is 26.3 Å². The second kappa shape index (κ2) is 6.28. The van der Waals surface area contributed by atoms with Gasteiger partial charge in [0.2, 0.25) is 5.91 Å². The van der Waals surface area contributed by atoms with Crippen molar-refractivity contribution in [3.63, 3.8) is 0 Å². The summed E-state index contributed by atoms with van der Waals surface area (Å²) in [5.41, 5.74) is 4.98. The minimum Gasteiger partial charge on any atom is -0.395 e. The highest BCUT2D eigenvalue weighted by Crippen LogP contribution is 2.33. The summed E-state index contributed by atoms with van der Waals surface area (Å²) in [4.78, 5) is 14.3. The highest BCUT2D eigenvalue weighted by molar-refractivity contribution is 7.80. The van der Waals surface area contributed by atoms with Crippen LogP contribution in [0.2, 0.25) is 0 Å². The maximum absolute atomic E-state index is 12.5. The molecule has 1 saturated heterocycles. The molecular formula is C11H20N2O3S. The van der Waals surface area contributed by atoms with Crippen LogP contribution < -0.4 is 5.73 Å². The largest absolute Gasteiger partial charge is 0.395 e. The molecule has 0 bridgehead atoms. The number of nitrogens with two attached hydrogens (primary N) is 1. The summed E-state index contributed by atoms with van der Waals surface area (Å²) in [6, 6.07) is 0. The highest BCUT2D eigenvalue weighted by Gasteiger charge is 2.44. The van der Waals surface area contributed by atoms with Gasteiger partial charge in [-0.1, -0.05) is 12.2 Å². The fraction of sp³-hybridized carbons (Fsp3) is 0.818. The van der Waals surface area contributed by atoms with Crippen molar-refractivity contribution in [3.8, 4) is 0 Å². The van der Waals surface area contributed by atoms with Gasteiger partial charge in [0.05, 0.1) is 11.6 Å². The number of likely N-dealkylation sites (N-methyl/N-ethyl adjacent to an activating group) is 1. The number of carbonyl (C=O) groups excluding carboxylic acids is 1. The van der Waals surface area contributed by atoms with Crippen molar-refractivity contribution in [1.82, 2.24) is 4.90 Å². The van der Waals surface area contributed by atoms with Crippen LogP contribution in [-0.4, -0.2) is 53.8 Å². The third kappa shape index (κ3) is 2.94. The van der Waals surface area contributed by atoms with Crippen LogP contribution in [0.15, 0.2) is 0 Å². The van der Waals surface area contributed by atoms with Crippen molar-refractivity contribution < 1.29 is 14.6 Å². The lowest BCUT2D eigenvalue weighted by atomic mass is 9.78. The molecule has 1 rings (SSSR count). The molecule has 0 unspecified atom stereocenters. The summed E-state index contributed by atoms with van der Waals surface area (Å²) in [5, 5.41) is 8.95. The molecule has 0 spiro atoms. The Hall–Kier alpha value is -0.720. The zero-order valence-electron chi connectivity index (χ0n) is 10.1. The van der Waals surface area contributed by atoms with Crippen LogP contribution in [0.4, 0.5) is 0 Å². The van der Waals surface area contributed by atoms with Crippen LogP contribution in [0.1, 0.15) is 19.8 Å². The van der Waals surface area contributed by atoms with Gasteiger partial charge in [0.25, 0.3) is 0 Å². The number of carbonyl (C=O) groups is 1. The molecule has 0 saturated carbocycles. The highest BCUT2D eigenvalue weighted by atomic mass is 32.1. The van der Waals surface area contributed by atoms with Crippen molar-refractivity contribution >= 4 is 23.1 Å². The lowest BCUT2D eigenvalue weighted by Crippen LogP contribution is -2.53. The minimum atomic E-state index is -0.779. The second-order valence-electron chi connectivity index (χ2n) is 4.17. The standard InChI is InChI=1S/C11H20N2O3S/c1-2-13(5-6-14)10(15)11(9(12)17)3-7-16-8-4-11/h14H,2-8H2,1H3,(H2,12,17). The predicted molar refractivity (Wildman–Crippen MR) is 68.6 cm³/mol. The SMILES string of the molecule is CCN(CCO)C(=O)C1(C(N)=S)CCOCC1. The van der Waals surface area contributed by atoms with E-state index in [0.29, 0.717) is 39.1 Å². The fourth-order valence-corrected chi connectivity index (χ4v) is 2.40. The van der Waals surface area contributed by atoms with Crippen LogP contribution in [0.25, 0.3) is 0 Å².